The van der Waals surface area contributed by atoms with E-state index in [1.807, 2.05) is 54.6 Å². The van der Waals surface area contributed by atoms with Gasteiger partial charge in [0.1, 0.15) is 17.2 Å². The summed E-state index contributed by atoms with van der Waals surface area (Å²) >= 11 is 0. The van der Waals surface area contributed by atoms with E-state index in [2.05, 4.69) is 0 Å². The summed E-state index contributed by atoms with van der Waals surface area (Å²) in [5.74, 6) is 0.797. The van der Waals surface area contributed by atoms with Gasteiger partial charge in [-0.25, -0.2) is 4.79 Å². The Morgan fingerprint density at radius 1 is 0.794 bits per heavy atom. The van der Waals surface area contributed by atoms with E-state index in [1.54, 1.807) is 55.7 Å². The minimum atomic E-state index is -0.513. The third-order valence-electron chi connectivity index (χ3n) is 5.49. The number of methoxy groups -OCH3 is 1. The number of carbonyl (C=O) groups is 2. The first-order chi connectivity index (χ1) is 16.6. The fraction of sp³-hybridized carbons (Fsp3) is 0.0345. The van der Waals surface area contributed by atoms with Gasteiger partial charge in [0.25, 0.3) is 0 Å². The smallest absolute Gasteiger partial charge is 0.343 e. The molecule has 1 aliphatic rings. The van der Waals surface area contributed by atoms with Crippen LogP contribution in [0.25, 0.3) is 17.2 Å². The monoisotopic (exact) mass is 448 g/mol. The zero-order chi connectivity index (χ0) is 23.5. The lowest BCUT2D eigenvalue weighted by Gasteiger charge is -2.06. The lowest BCUT2D eigenvalue weighted by atomic mass is 10.0. The number of Topliss-reactive ketones (excluding diaryl/α,β-unsaturated/α-hetero) is 1. The van der Waals surface area contributed by atoms with Crippen molar-refractivity contribution in [3.8, 4) is 28.4 Å². The summed E-state index contributed by atoms with van der Waals surface area (Å²) in [5.41, 5.74) is 3.88. The molecule has 0 aliphatic carbocycles. The topological polar surface area (TPSA) is 61.8 Å². The quantitative estimate of drug-likeness (QED) is 0.207. The van der Waals surface area contributed by atoms with Crippen LogP contribution in [0, 0.1) is 0 Å². The van der Waals surface area contributed by atoms with Crippen LogP contribution >= 0.6 is 0 Å². The molecule has 4 aromatic rings. The van der Waals surface area contributed by atoms with E-state index < -0.39 is 5.97 Å². The van der Waals surface area contributed by atoms with Gasteiger partial charge in [-0.05, 0) is 59.2 Å². The number of ether oxygens (including phenoxy) is 3. The van der Waals surface area contributed by atoms with Crippen LogP contribution in [0.4, 0.5) is 0 Å². The number of hydrogen-bond acceptors (Lipinski definition) is 5. The average molecular weight is 448 g/mol. The van der Waals surface area contributed by atoms with E-state index in [4.69, 9.17) is 14.2 Å². The van der Waals surface area contributed by atoms with E-state index in [0.29, 0.717) is 28.4 Å². The molecule has 5 heteroatoms. The molecule has 1 aliphatic heterocycles. The van der Waals surface area contributed by atoms with Crippen LogP contribution in [0.1, 0.15) is 26.3 Å². The molecule has 0 saturated carbocycles. The highest BCUT2D eigenvalue weighted by molar-refractivity contribution is 6.14. The van der Waals surface area contributed by atoms with Gasteiger partial charge in [0.05, 0.1) is 18.2 Å². The molecule has 0 spiro atoms. The van der Waals surface area contributed by atoms with Gasteiger partial charge in [-0.3, -0.25) is 4.79 Å². The molecule has 5 rings (SSSR count). The van der Waals surface area contributed by atoms with Crippen molar-refractivity contribution in [2.45, 2.75) is 0 Å². The molecule has 166 valence electrons. The Kier molecular flexibility index (Phi) is 5.67. The van der Waals surface area contributed by atoms with Gasteiger partial charge < -0.3 is 14.2 Å². The number of rotatable bonds is 5. The first-order valence-corrected chi connectivity index (χ1v) is 10.7. The number of ketones is 1. The molecule has 34 heavy (non-hydrogen) atoms. The van der Waals surface area contributed by atoms with Crippen molar-refractivity contribution in [2.75, 3.05) is 7.11 Å². The second-order valence-electron chi connectivity index (χ2n) is 7.70. The summed E-state index contributed by atoms with van der Waals surface area (Å²) in [5, 5.41) is 0. The van der Waals surface area contributed by atoms with Gasteiger partial charge in [-0.1, -0.05) is 54.6 Å². The summed E-state index contributed by atoms with van der Waals surface area (Å²) in [6, 6.07) is 29.3. The van der Waals surface area contributed by atoms with Crippen LogP contribution in [-0.2, 0) is 0 Å². The molecule has 0 radical (unpaired) electrons. The van der Waals surface area contributed by atoms with E-state index in [9.17, 15) is 9.59 Å². The zero-order valence-electron chi connectivity index (χ0n) is 18.4. The molecule has 0 N–H and O–H groups in total. The third kappa shape index (κ3) is 4.32. The molecular weight excluding hydrogens is 428 g/mol. The molecule has 0 bridgehead atoms. The second-order valence-corrected chi connectivity index (χ2v) is 7.70. The van der Waals surface area contributed by atoms with E-state index in [1.165, 1.54) is 0 Å². The van der Waals surface area contributed by atoms with E-state index in [0.717, 1.165) is 16.7 Å². The Hall–Kier alpha value is -4.64. The minimum absolute atomic E-state index is 0.213. The van der Waals surface area contributed by atoms with Crippen molar-refractivity contribution in [3.05, 3.63) is 120 Å². The average Bonchev–Trinajstić information content (AvgIpc) is 3.19. The van der Waals surface area contributed by atoms with Crippen molar-refractivity contribution < 1.29 is 23.8 Å². The summed E-state index contributed by atoms with van der Waals surface area (Å²) in [6.45, 7) is 0. The maximum absolute atomic E-state index is 12.8. The molecule has 0 fully saturated rings. The van der Waals surface area contributed by atoms with Gasteiger partial charge in [0.15, 0.2) is 5.76 Å². The van der Waals surface area contributed by atoms with Crippen LogP contribution in [0.5, 0.6) is 17.2 Å². The highest BCUT2D eigenvalue weighted by Gasteiger charge is 2.28. The zero-order valence-corrected chi connectivity index (χ0v) is 18.4. The van der Waals surface area contributed by atoms with Gasteiger partial charge in [-0.2, -0.15) is 0 Å². The highest BCUT2D eigenvalue weighted by atomic mass is 16.5. The van der Waals surface area contributed by atoms with Crippen LogP contribution < -0.4 is 14.2 Å². The van der Waals surface area contributed by atoms with Crippen molar-refractivity contribution in [3.63, 3.8) is 0 Å². The first-order valence-electron chi connectivity index (χ1n) is 10.7. The molecule has 0 aromatic heterocycles. The normalized spacial score (nSPS) is 13.3. The Balaban J connectivity index is 1.31. The van der Waals surface area contributed by atoms with Crippen molar-refractivity contribution in [2.24, 2.45) is 0 Å². The summed E-state index contributed by atoms with van der Waals surface area (Å²) in [6.07, 6.45) is 1.71. The maximum atomic E-state index is 12.8. The summed E-state index contributed by atoms with van der Waals surface area (Å²) < 4.78 is 16.4. The fourth-order valence-corrected chi connectivity index (χ4v) is 3.68. The highest BCUT2D eigenvalue weighted by Crippen LogP contribution is 2.35. The molecule has 0 saturated heterocycles. The van der Waals surface area contributed by atoms with Crippen LogP contribution in [0.2, 0.25) is 0 Å². The lowest BCUT2D eigenvalue weighted by molar-refractivity contribution is 0.0734. The Labute approximate surface area is 196 Å². The fourth-order valence-electron chi connectivity index (χ4n) is 3.68. The third-order valence-corrected chi connectivity index (χ3v) is 5.49. The minimum Gasteiger partial charge on any atom is -0.497 e. The Bertz CT molecular complexity index is 1390. The van der Waals surface area contributed by atoms with Crippen molar-refractivity contribution in [1.82, 2.24) is 0 Å². The molecular formula is C29H20O5. The number of fused-ring (bicyclic) bond motifs is 1. The summed E-state index contributed by atoms with van der Waals surface area (Å²) in [4.78, 5) is 25.2. The van der Waals surface area contributed by atoms with Crippen LogP contribution in [0.3, 0.4) is 0 Å². The maximum Gasteiger partial charge on any atom is 0.343 e. The standard InChI is InChI=1S/C29H20O5/c1-32-23-13-11-22(12-14-23)29(31)33-24-15-16-25-26(18-24)34-27(28(25)30)17-19-7-9-21(10-8-19)20-5-3-2-4-6-20/h2-18H,1H3/b27-17-. The summed E-state index contributed by atoms with van der Waals surface area (Å²) in [7, 11) is 1.56. The van der Waals surface area contributed by atoms with E-state index in [-0.39, 0.29) is 11.5 Å². The molecule has 0 unspecified atom stereocenters. The Morgan fingerprint density at radius 2 is 1.47 bits per heavy atom. The second kappa shape index (κ2) is 9.08. The van der Waals surface area contributed by atoms with Crippen LogP contribution in [0.15, 0.2) is 103 Å². The molecule has 0 atom stereocenters. The number of benzene rings is 4. The van der Waals surface area contributed by atoms with E-state index >= 15 is 0 Å². The number of esters is 1. The number of allylic oxidation sites excluding steroid dienone is 1. The molecule has 5 nitrogen and oxygen atoms in total. The molecule has 4 aromatic carbocycles. The van der Waals surface area contributed by atoms with Gasteiger partial charge in [0.2, 0.25) is 5.78 Å². The largest absolute Gasteiger partial charge is 0.497 e. The molecule has 1 heterocycles. The molecule has 0 amide bonds. The lowest BCUT2D eigenvalue weighted by Crippen LogP contribution is -2.08. The van der Waals surface area contributed by atoms with Gasteiger partial charge >= 0.3 is 5.97 Å². The number of hydrogen-bond donors (Lipinski definition) is 0. The predicted molar refractivity (Wildman–Crippen MR) is 129 cm³/mol. The van der Waals surface area contributed by atoms with Crippen LogP contribution in [-0.4, -0.2) is 18.9 Å². The van der Waals surface area contributed by atoms with Gasteiger partial charge in [-0.15, -0.1) is 0 Å². The van der Waals surface area contributed by atoms with Gasteiger partial charge in [0, 0.05) is 6.07 Å². The first kappa shape index (κ1) is 21.2. The number of carbonyl (C=O) groups excluding carboxylic acids is 2. The Morgan fingerprint density at radius 3 is 2.18 bits per heavy atom. The van der Waals surface area contributed by atoms with Crippen molar-refractivity contribution in [1.29, 1.82) is 0 Å². The predicted octanol–water partition coefficient (Wildman–Crippen LogP) is 6.20. The SMILES string of the molecule is COc1ccc(C(=O)Oc2ccc3c(c2)O/C(=C\c2ccc(-c4ccccc4)cc2)C3=O)cc1. The van der Waals surface area contributed by atoms with Crippen molar-refractivity contribution >= 4 is 17.8 Å².